The van der Waals surface area contributed by atoms with Gasteiger partial charge in [0.25, 0.3) is 5.91 Å². The number of amides is 1. The maximum Gasteiger partial charge on any atom is 0.253 e. The van der Waals surface area contributed by atoms with Gasteiger partial charge in [0.2, 0.25) is 0 Å². The number of halogens is 1. The number of pyridine rings is 1. The molecule has 2 aromatic heterocycles. The van der Waals surface area contributed by atoms with E-state index in [0.717, 1.165) is 0 Å². The molecule has 0 saturated heterocycles. The Labute approximate surface area is 127 Å². The monoisotopic (exact) mass is 309 g/mol. The molecule has 2 aromatic rings. The van der Waals surface area contributed by atoms with Gasteiger partial charge in [-0.15, -0.1) is 0 Å². The molecule has 2 rings (SSSR count). The van der Waals surface area contributed by atoms with Crippen LogP contribution in [0.25, 0.3) is 0 Å². The predicted molar refractivity (Wildman–Crippen MR) is 79.5 cm³/mol. The van der Waals surface area contributed by atoms with Gasteiger partial charge in [0.15, 0.2) is 0 Å². The summed E-state index contributed by atoms with van der Waals surface area (Å²) in [5, 5.41) is 12.4. The lowest BCUT2D eigenvalue weighted by atomic mass is 10.2. The van der Waals surface area contributed by atoms with Gasteiger partial charge >= 0.3 is 0 Å². The van der Waals surface area contributed by atoms with Gasteiger partial charge in [-0.2, -0.15) is 0 Å². The summed E-state index contributed by atoms with van der Waals surface area (Å²) in [7, 11) is 3.62. The Morgan fingerprint density at radius 3 is 2.81 bits per heavy atom. The highest BCUT2D eigenvalue weighted by Gasteiger charge is 2.18. The molecule has 0 spiro atoms. The zero-order valence-corrected chi connectivity index (χ0v) is 12.4. The van der Waals surface area contributed by atoms with E-state index in [0.29, 0.717) is 22.2 Å². The molecule has 0 aromatic carbocycles. The van der Waals surface area contributed by atoms with Crippen molar-refractivity contribution in [2.45, 2.75) is 6.04 Å². The van der Waals surface area contributed by atoms with E-state index >= 15 is 0 Å². The van der Waals surface area contributed by atoms with Crippen molar-refractivity contribution in [3.63, 3.8) is 0 Å². The summed E-state index contributed by atoms with van der Waals surface area (Å²) in [6, 6.07) is 0.926. The number of aromatic amines is 1. The van der Waals surface area contributed by atoms with Gasteiger partial charge in [-0.1, -0.05) is 11.6 Å². The lowest BCUT2D eigenvalue weighted by molar-refractivity contribution is 0.0913. The molecule has 2 heterocycles. The van der Waals surface area contributed by atoms with E-state index in [9.17, 15) is 9.90 Å². The van der Waals surface area contributed by atoms with Crippen LogP contribution in [0.1, 0.15) is 22.2 Å². The highest BCUT2D eigenvalue weighted by molar-refractivity contribution is 6.33. The molecule has 8 heteroatoms. The van der Waals surface area contributed by atoms with Gasteiger partial charge in [0.05, 0.1) is 17.2 Å². The van der Waals surface area contributed by atoms with Gasteiger partial charge in [-0.05, 0) is 6.07 Å². The zero-order valence-electron chi connectivity index (χ0n) is 11.7. The Morgan fingerprint density at radius 2 is 2.29 bits per heavy atom. The Morgan fingerprint density at radius 1 is 1.52 bits per heavy atom. The van der Waals surface area contributed by atoms with E-state index in [1.807, 2.05) is 14.1 Å². The van der Waals surface area contributed by atoms with Gasteiger partial charge < -0.3 is 20.3 Å². The van der Waals surface area contributed by atoms with Crippen molar-refractivity contribution in [3.8, 4) is 0 Å². The number of anilines is 1. The smallest absolute Gasteiger partial charge is 0.253 e. The minimum absolute atomic E-state index is 0.268. The van der Waals surface area contributed by atoms with Crippen LogP contribution in [0.4, 0.5) is 5.82 Å². The number of carbonyl (C=O) groups excluding carboxylic acids is 1. The quantitative estimate of drug-likeness (QED) is 0.765. The van der Waals surface area contributed by atoms with Crippen LogP contribution in [0.5, 0.6) is 0 Å². The zero-order chi connectivity index (χ0) is 15.4. The fourth-order valence-corrected chi connectivity index (χ4v) is 2.13. The molecule has 112 valence electrons. The molecule has 0 aliphatic heterocycles. The third kappa shape index (κ3) is 3.50. The lowest BCUT2D eigenvalue weighted by Gasteiger charge is -2.16. The molecule has 0 aliphatic carbocycles. The third-order valence-electron chi connectivity index (χ3n) is 2.84. The number of carbonyl (C=O) groups is 1. The first kappa shape index (κ1) is 15.3. The number of hydrogen-bond donors (Lipinski definition) is 3. The summed E-state index contributed by atoms with van der Waals surface area (Å²) in [6.45, 7) is -0.268. The van der Waals surface area contributed by atoms with Gasteiger partial charge in [0.1, 0.15) is 17.7 Å². The minimum atomic E-state index is -0.611. The molecule has 0 saturated carbocycles. The largest absolute Gasteiger partial charge is 0.394 e. The normalized spacial score (nSPS) is 12.0. The number of aliphatic hydroxyl groups is 1. The second-order valence-electron chi connectivity index (χ2n) is 4.61. The van der Waals surface area contributed by atoms with Crippen molar-refractivity contribution in [2.75, 3.05) is 25.6 Å². The molecular weight excluding hydrogens is 294 g/mol. The van der Waals surface area contributed by atoms with Crippen molar-refractivity contribution in [1.82, 2.24) is 20.3 Å². The number of rotatable bonds is 5. The van der Waals surface area contributed by atoms with Crippen LogP contribution >= 0.6 is 11.6 Å². The number of nitrogens with one attached hydrogen (secondary N) is 2. The Kier molecular flexibility index (Phi) is 4.77. The number of nitrogens with zero attached hydrogens (tertiary/aromatic N) is 3. The molecule has 21 heavy (non-hydrogen) atoms. The number of imidazole rings is 1. The topological polar surface area (TPSA) is 94.1 Å². The van der Waals surface area contributed by atoms with Crippen molar-refractivity contribution in [2.24, 2.45) is 0 Å². The van der Waals surface area contributed by atoms with Crippen LogP contribution in [0, 0.1) is 0 Å². The number of hydrogen-bond acceptors (Lipinski definition) is 5. The van der Waals surface area contributed by atoms with Crippen molar-refractivity contribution < 1.29 is 9.90 Å². The summed E-state index contributed by atoms with van der Waals surface area (Å²) >= 11 is 6.09. The summed E-state index contributed by atoms with van der Waals surface area (Å²) in [4.78, 5) is 24.9. The van der Waals surface area contributed by atoms with Crippen LogP contribution in [0.15, 0.2) is 24.7 Å². The average molecular weight is 310 g/mol. The average Bonchev–Trinajstić information content (AvgIpc) is 2.97. The number of H-pyrrole nitrogens is 1. The fourth-order valence-electron chi connectivity index (χ4n) is 1.79. The van der Waals surface area contributed by atoms with E-state index in [-0.39, 0.29) is 12.5 Å². The summed E-state index contributed by atoms with van der Waals surface area (Å²) in [5.41, 5.74) is 0.315. The highest BCUT2D eigenvalue weighted by atomic mass is 35.5. The van der Waals surface area contributed by atoms with E-state index in [4.69, 9.17) is 11.6 Å². The summed E-state index contributed by atoms with van der Waals surface area (Å²) < 4.78 is 0. The molecule has 1 atom stereocenters. The van der Waals surface area contributed by atoms with E-state index in [2.05, 4.69) is 20.3 Å². The second kappa shape index (κ2) is 6.55. The Balaban J connectivity index is 2.15. The molecule has 0 aliphatic rings. The predicted octanol–water partition coefficient (Wildman–Crippen LogP) is 0.987. The maximum absolute atomic E-state index is 12.2. The molecule has 1 amide bonds. The summed E-state index contributed by atoms with van der Waals surface area (Å²) in [5.74, 6) is 0.679. The maximum atomic E-state index is 12.2. The minimum Gasteiger partial charge on any atom is -0.394 e. The SMILES string of the molecule is CN(C)c1ncc(C(=O)NC(CO)c2ncc[nH]2)cc1Cl. The van der Waals surface area contributed by atoms with Gasteiger partial charge in [-0.3, -0.25) is 4.79 Å². The Bertz CT molecular complexity index is 615. The van der Waals surface area contributed by atoms with Crippen molar-refractivity contribution in [1.29, 1.82) is 0 Å². The number of aliphatic hydroxyl groups excluding tert-OH is 1. The Hall–Kier alpha value is -2.12. The fraction of sp³-hybridized carbons (Fsp3) is 0.308. The van der Waals surface area contributed by atoms with Crippen LogP contribution in [0.2, 0.25) is 5.02 Å². The molecule has 0 radical (unpaired) electrons. The number of aromatic nitrogens is 3. The van der Waals surface area contributed by atoms with Crippen LogP contribution < -0.4 is 10.2 Å². The molecule has 1 unspecified atom stereocenters. The molecule has 7 nitrogen and oxygen atoms in total. The van der Waals surface area contributed by atoms with Crippen molar-refractivity contribution >= 4 is 23.3 Å². The standard InChI is InChI=1S/C13H16ClN5O2/c1-19(2)12-9(14)5-8(6-17-12)13(21)18-10(7-20)11-15-3-4-16-11/h3-6,10,20H,7H2,1-2H3,(H,15,16)(H,18,21). The molecule has 0 bridgehead atoms. The first-order valence-electron chi connectivity index (χ1n) is 6.26. The molecular formula is C13H16ClN5O2. The second-order valence-corrected chi connectivity index (χ2v) is 5.01. The van der Waals surface area contributed by atoms with Crippen molar-refractivity contribution in [3.05, 3.63) is 41.1 Å². The van der Waals surface area contributed by atoms with Crippen LogP contribution in [-0.2, 0) is 0 Å². The first-order valence-corrected chi connectivity index (χ1v) is 6.64. The van der Waals surface area contributed by atoms with E-state index < -0.39 is 6.04 Å². The summed E-state index contributed by atoms with van der Waals surface area (Å²) in [6.07, 6.45) is 4.61. The lowest BCUT2D eigenvalue weighted by Crippen LogP contribution is -2.31. The van der Waals surface area contributed by atoms with E-state index in [1.165, 1.54) is 12.3 Å². The van der Waals surface area contributed by atoms with Crippen LogP contribution in [-0.4, -0.2) is 46.7 Å². The van der Waals surface area contributed by atoms with Gasteiger partial charge in [0, 0.05) is 32.7 Å². The van der Waals surface area contributed by atoms with Crippen LogP contribution in [0.3, 0.4) is 0 Å². The van der Waals surface area contributed by atoms with E-state index in [1.54, 1.807) is 17.3 Å². The van der Waals surface area contributed by atoms with Gasteiger partial charge in [-0.25, -0.2) is 9.97 Å². The molecule has 0 fully saturated rings. The first-order chi connectivity index (χ1) is 10.0. The highest BCUT2D eigenvalue weighted by Crippen LogP contribution is 2.22. The third-order valence-corrected chi connectivity index (χ3v) is 3.12. The molecule has 3 N–H and O–H groups in total.